The summed E-state index contributed by atoms with van der Waals surface area (Å²) in [7, 11) is 0. The smallest absolute Gasteiger partial charge is 0.242 e. The van der Waals surface area contributed by atoms with Gasteiger partial charge in [0, 0.05) is 19.5 Å². The second kappa shape index (κ2) is 12.2. The SMILES string of the molecule is C[C@H](C(=O)NCCC1=CCCCC1)N(Cc1ccc(F)cc1)C(=O)CCc1ccccc1. The van der Waals surface area contributed by atoms with Gasteiger partial charge in [-0.3, -0.25) is 9.59 Å². The quantitative estimate of drug-likeness (QED) is 0.522. The number of hydrogen-bond acceptors (Lipinski definition) is 2. The number of nitrogens with one attached hydrogen (secondary N) is 1. The lowest BCUT2D eigenvalue weighted by Crippen LogP contribution is -2.47. The predicted molar refractivity (Wildman–Crippen MR) is 125 cm³/mol. The Morgan fingerprint density at radius 2 is 1.75 bits per heavy atom. The van der Waals surface area contributed by atoms with Crippen LogP contribution >= 0.6 is 0 Å². The molecule has 0 saturated heterocycles. The first kappa shape index (κ1) is 23.7. The van der Waals surface area contributed by atoms with Crippen LogP contribution in [0, 0.1) is 5.82 Å². The Labute approximate surface area is 190 Å². The van der Waals surface area contributed by atoms with Crippen molar-refractivity contribution in [2.75, 3.05) is 6.54 Å². The van der Waals surface area contributed by atoms with Gasteiger partial charge in [-0.1, -0.05) is 54.1 Å². The normalized spacial score (nSPS) is 14.4. The zero-order valence-electron chi connectivity index (χ0n) is 18.9. The number of halogens is 1. The van der Waals surface area contributed by atoms with E-state index in [2.05, 4.69) is 11.4 Å². The third kappa shape index (κ3) is 7.33. The summed E-state index contributed by atoms with van der Waals surface area (Å²) in [6, 6.07) is 15.3. The highest BCUT2D eigenvalue weighted by molar-refractivity contribution is 5.87. The molecule has 0 heterocycles. The van der Waals surface area contributed by atoms with Gasteiger partial charge in [0.2, 0.25) is 11.8 Å². The number of aryl methyl sites for hydroxylation is 1. The van der Waals surface area contributed by atoms with Gasteiger partial charge in [0.15, 0.2) is 0 Å². The van der Waals surface area contributed by atoms with Gasteiger partial charge in [-0.15, -0.1) is 0 Å². The van der Waals surface area contributed by atoms with Gasteiger partial charge >= 0.3 is 0 Å². The van der Waals surface area contributed by atoms with Crippen molar-refractivity contribution in [1.29, 1.82) is 0 Å². The van der Waals surface area contributed by atoms with Crippen molar-refractivity contribution >= 4 is 11.8 Å². The maximum atomic E-state index is 13.3. The van der Waals surface area contributed by atoms with Gasteiger partial charge in [0.25, 0.3) is 0 Å². The van der Waals surface area contributed by atoms with E-state index in [0.717, 1.165) is 30.4 Å². The first-order valence-corrected chi connectivity index (χ1v) is 11.6. The van der Waals surface area contributed by atoms with Crippen molar-refractivity contribution in [2.45, 2.75) is 64.5 Å². The molecule has 5 heteroatoms. The number of benzene rings is 2. The van der Waals surface area contributed by atoms with Crippen LogP contribution in [0.3, 0.4) is 0 Å². The molecule has 170 valence electrons. The number of carbonyl (C=O) groups is 2. The van der Waals surface area contributed by atoms with Crippen LogP contribution in [-0.4, -0.2) is 29.3 Å². The van der Waals surface area contributed by atoms with Crippen LogP contribution in [0.5, 0.6) is 0 Å². The molecule has 0 unspecified atom stereocenters. The zero-order valence-corrected chi connectivity index (χ0v) is 18.9. The lowest BCUT2D eigenvalue weighted by atomic mass is 9.97. The molecule has 1 aliphatic carbocycles. The Hall–Kier alpha value is -2.95. The Morgan fingerprint density at radius 3 is 2.44 bits per heavy atom. The Kier molecular flexibility index (Phi) is 9.02. The summed E-state index contributed by atoms with van der Waals surface area (Å²) < 4.78 is 13.3. The predicted octanol–water partition coefficient (Wildman–Crippen LogP) is 5.18. The van der Waals surface area contributed by atoms with Gasteiger partial charge in [-0.05, 0) is 68.7 Å². The topological polar surface area (TPSA) is 49.4 Å². The minimum Gasteiger partial charge on any atom is -0.354 e. The molecule has 2 amide bonds. The summed E-state index contributed by atoms with van der Waals surface area (Å²) >= 11 is 0. The van der Waals surface area contributed by atoms with Crippen LogP contribution < -0.4 is 5.32 Å². The molecule has 0 radical (unpaired) electrons. The van der Waals surface area contributed by atoms with Crippen molar-refractivity contribution in [3.05, 3.63) is 83.2 Å². The van der Waals surface area contributed by atoms with E-state index in [1.807, 2.05) is 30.3 Å². The summed E-state index contributed by atoms with van der Waals surface area (Å²) in [5, 5.41) is 3.00. The molecule has 0 aliphatic heterocycles. The molecule has 0 saturated carbocycles. The van der Waals surface area contributed by atoms with Crippen LogP contribution in [0.15, 0.2) is 66.2 Å². The van der Waals surface area contributed by atoms with Gasteiger partial charge in [-0.25, -0.2) is 4.39 Å². The number of amides is 2. The van der Waals surface area contributed by atoms with Crippen molar-refractivity contribution in [3.8, 4) is 0 Å². The van der Waals surface area contributed by atoms with E-state index in [0.29, 0.717) is 19.4 Å². The zero-order chi connectivity index (χ0) is 22.8. The number of nitrogens with zero attached hydrogens (tertiary/aromatic N) is 1. The largest absolute Gasteiger partial charge is 0.354 e. The van der Waals surface area contributed by atoms with Gasteiger partial charge < -0.3 is 10.2 Å². The molecule has 0 fully saturated rings. The molecule has 1 aliphatic rings. The number of hydrogen-bond donors (Lipinski definition) is 1. The second-order valence-corrected chi connectivity index (χ2v) is 8.46. The van der Waals surface area contributed by atoms with Gasteiger partial charge in [0.05, 0.1) is 0 Å². The summed E-state index contributed by atoms with van der Waals surface area (Å²) in [6.45, 7) is 2.62. The number of rotatable bonds is 10. The summed E-state index contributed by atoms with van der Waals surface area (Å²) in [4.78, 5) is 27.6. The minimum atomic E-state index is -0.608. The molecule has 0 spiro atoms. The number of allylic oxidation sites excluding steroid dienone is 1. The third-order valence-corrected chi connectivity index (χ3v) is 6.03. The fraction of sp³-hybridized carbons (Fsp3) is 0.407. The Morgan fingerprint density at radius 1 is 1.00 bits per heavy atom. The Bertz CT molecular complexity index is 909. The molecule has 4 nitrogen and oxygen atoms in total. The molecule has 2 aromatic carbocycles. The Balaban J connectivity index is 1.62. The van der Waals surface area contributed by atoms with Crippen LogP contribution in [0.1, 0.15) is 56.6 Å². The maximum absolute atomic E-state index is 13.3. The molecule has 1 atom stereocenters. The molecule has 1 N–H and O–H groups in total. The van der Waals surface area contributed by atoms with E-state index in [4.69, 9.17) is 0 Å². The highest BCUT2D eigenvalue weighted by atomic mass is 19.1. The van der Waals surface area contributed by atoms with E-state index in [1.165, 1.54) is 30.5 Å². The van der Waals surface area contributed by atoms with E-state index in [-0.39, 0.29) is 24.2 Å². The van der Waals surface area contributed by atoms with Crippen LogP contribution in [0.4, 0.5) is 4.39 Å². The highest BCUT2D eigenvalue weighted by Crippen LogP contribution is 2.19. The molecule has 0 bridgehead atoms. The highest BCUT2D eigenvalue weighted by Gasteiger charge is 2.25. The summed E-state index contributed by atoms with van der Waals surface area (Å²) in [5.41, 5.74) is 3.29. The lowest BCUT2D eigenvalue weighted by molar-refractivity contribution is -0.140. The molecular formula is C27H33FN2O2. The minimum absolute atomic E-state index is 0.0872. The standard InChI is InChI=1S/C27H33FN2O2/c1-21(27(32)29-19-18-23-10-6-3-7-11-23)30(20-24-12-15-25(28)16-13-24)26(31)17-14-22-8-4-2-5-9-22/h2,4-5,8-10,12-13,15-16,21H,3,6-7,11,14,17-20H2,1H3,(H,29,32)/t21-/m1/s1. The van der Waals surface area contributed by atoms with Gasteiger partial charge in [-0.2, -0.15) is 0 Å². The van der Waals surface area contributed by atoms with E-state index < -0.39 is 6.04 Å². The first-order valence-electron chi connectivity index (χ1n) is 11.6. The van der Waals surface area contributed by atoms with Gasteiger partial charge in [0.1, 0.15) is 11.9 Å². The fourth-order valence-electron chi connectivity index (χ4n) is 4.03. The molecule has 32 heavy (non-hydrogen) atoms. The van der Waals surface area contributed by atoms with Crippen molar-refractivity contribution < 1.29 is 14.0 Å². The summed E-state index contributed by atoms with van der Waals surface area (Å²) in [5.74, 6) is -0.564. The molecular weight excluding hydrogens is 403 g/mol. The average molecular weight is 437 g/mol. The van der Waals surface area contributed by atoms with Crippen LogP contribution in [0.25, 0.3) is 0 Å². The average Bonchev–Trinajstić information content (AvgIpc) is 2.83. The second-order valence-electron chi connectivity index (χ2n) is 8.46. The third-order valence-electron chi connectivity index (χ3n) is 6.03. The van der Waals surface area contributed by atoms with Crippen molar-refractivity contribution in [3.63, 3.8) is 0 Å². The monoisotopic (exact) mass is 436 g/mol. The summed E-state index contributed by atoms with van der Waals surface area (Å²) in [6.07, 6.45) is 8.78. The van der Waals surface area contributed by atoms with E-state index in [1.54, 1.807) is 24.0 Å². The molecule has 0 aromatic heterocycles. The van der Waals surface area contributed by atoms with Crippen LogP contribution in [-0.2, 0) is 22.6 Å². The van der Waals surface area contributed by atoms with E-state index >= 15 is 0 Å². The first-order chi connectivity index (χ1) is 15.5. The molecule has 3 rings (SSSR count). The number of carbonyl (C=O) groups excluding carboxylic acids is 2. The van der Waals surface area contributed by atoms with Crippen LogP contribution in [0.2, 0.25) is 0 Å². The molecule has 2 aromatic rings. The fourth-order valence-corrected chi connectivity index (χ4v) is 4.03. The van der Waals surface area contributed by atoms with E-state index in [9.17, 15) is 14.0 Å². The maximum Gasteiger partial charge on any atom is 0.242 e. The lowest BCUT2D eigenvalue weighted by Gasteiger charge is -2.29. The van der Waals surface area contributed by atoms with Crippen molar-refractivity contribution in [2.24, 2.45) is 0 Å². The van der Waals surface area contributed by atoms with Crippen molar-refractivity contribution in [1.82, 2.24) is 10.2 Å².